The van der Waals surface area contributed by atoms with E-state index in [2.05, 4.69) is 5.32 Å². The molecule has 2 fully saturated rings. The summed E-state index contributed by atoms with van der Waals surface area (Å²) in [5.74, 6) is -0.986. The third-order valence-corrected chi connectivity index (χ3v) is 4.51. The molecule has 1 saturated heterocycles. The number of piperidine rings is 1. The second kappa shape index (κ2) is 6.46. The first-order chi connectivity index (χ1) is 11.5. The minimum absolute atomic E-state index is 0.122. The van der Waals surface area contributed by atoms with E-state index in [1.54, 1.807) is 17.0 Å². The summed E-state index contributed by atoms with van der Waals surface area (Å²) in [7, 11) is 0. The molecule has 1 atom stereocenters. The number of nitrogens with zero attached hydrogens (tertiary/aromatic N) is 2. The highest BCUT2D eigenvalue weighted by atomic mass is 16.6. The Balaban J connectivity index is 1.85. The molecule has 3 rings (SSSR count). The predicted molar refractivity (Wildman–Crippen MR) is 87.7 cm³/mol. The van der Waals surface area contributed by atoms with Crippen molar-refractivity contribution < 1.29 is 14.5 Å². The molecule has 128 valence electrons. The number of anilines is 1. The minimum atomic E-state index is -0.489. The van der Waals surface area contributed by atoms with E-state index in [-0.39, 0.29) is 35.0 Å². The molecule has 0 aromatic heterocycles. The van der Waals surface area contributed by atoms with E-state index in [9.17, 15) is 19.7 Å². The second-order valence-electron chi connectivity index (χ2n) is 6.40. The van der Waals surface area contributed by atoms with Gasteiger partial charge in [0.25, 0.3) is 11.6 Å². The number of hydrogen-bond donors (Lipinski definition) is 2. The number of carbonyl (C=O) groups excluding carboxylic acids is 2. The summed E-state index contributed by atoms with van der Waals surface area (Å²) < 4.78 is 0. The lowest BCUT2D eigenvalue weighted by atomic mass is 9.96. The van der Waals surface area contributed by atoms with Gasteiger partial charge in [0.05, 0.1) is 10.8 Å². The molecule has 2 amide bonds. The largest absolute Gasteiger partial charge is 0.369 e. The highest BCUT2D eigenvalue weighted by Crippen LogP contribution is 2.32. The maximum atomic E-state index is 12.1. The average molecular weight is 332 g/mol. The topological polar surface area (TPSA) is 119 Å². The summed E-state index contributed by atoms with van der Waals surface area (Å²) >= 11 is 0. The Kier molecular flexibility index (Phi) is 4.37. The van der Waals surface area contributed by atoms with Crippen LogP contribution in [0, 0.1) is 16.0 Å². The number of primary amides is 1. The molecule has 8 heteroatoms. The molecular formula is C16H20N4O4. The molecule has 1 unspecified atom stereocenters. The summed E-state index contributed by atoms with van der Waals surface area (Å²) in [4.78, 5) is 36.3. The van der Waals surface area contributed by atoms with E-state index in [1.807, 2.05) is 0 Å². The first-order valence-electron chi connectivity index (χ1n) is 8.09. The number of carbonyl (C=O) groups is 2. The number of amides is 2. The molecule has 0 spiro atoms. The molecule has 0 radical (unpaired) electrons. The van der Waals surface area contributed by atoms with Crippen molar-refractivity contribution >= 4 is 23.2 Å². The van der Waals surface area contributed by atoms with Gasteiger partial charge in [0.1, 0.15) is 5.69 Å². The van der Waals surface area contributed by atoms with Gasteiger partial charge in [-0.2, -0.15) is 0 Å². The molecule has 0 bridgehead atoms. The molecular weight excluding hydrogens is 312 g/mol. The molecule has 1 saturated carbocycles. The van der Waals surface area contributed by atoms with Gasteiger partial charge >= 0.3 is 0 Å². The number of benzene rings is 1. The van der Waals surface area contributed by atoms with Gasteiger partial charge in [0.2, 0.25) is 5.91 Å². The van der Waals surface area contributed by atoms with Gasteiger partial charge in [-0.3, -0.25) is 19.7 Å². The van der Waals surface area contributed by atoms with Crippen LogP contribution in [0.4, 0.5) is 11.4 Å². The zero-order valence-corrected chi connectivity index (χ0v) is 13.2. The standard InChI is InChI=1S/C16H20N4O4/c17-15(21)11-2-1-7-19(9-11)13-6-3-10(8-14(13)20(23)24)16(22)18-12-4-5-12/h3,6,8,11-12H,1-2,4-5,7,9H2,(H2,17,21)(H,18,22). The maximum absolute atomic E-state index is 12.1. The first-order valence-corrected chi connectivity index (χ1v) is 8.09. The summed E-state index contributed by atoms with van der Waals surface area (Å²) in [5.41, 5.74) is 5.95. The van der Waals surface area contributed by atoms with Gasteiger partial charge < -0.3 is 16.0 Å². The number of nitrogens with one attached hydrogen (secondary N) is 1. The van der Waals surface area contributed by atoms with E-state index >= 15 is 0 Å². The van der Waals surface area contributed by atoms with E-state index in [0.29, 0.717) is 25.2 Å². The van der Waals surface area contributed by atoms with Gasteiger partial charge in [-0.1, -0.05) is 0 Å². The third kappa shape index (κ3) is 3.47. The zero-order chi connectivity index (χ0) is 17.3. The Labute approximate surface area is 139 Å². The van der Waals surface area contributed by atoms with Crippen molar-refractivity contribution in [2.75, 3.05) is 18.0 Å². The summed E-state index contributed by atoms with van der Waals surface area (Å²) in [5, 5.41) is 14.3. The van der Waals surface area contributed by atoms with Crippen LogP contribution in [0.5, 0.6) is 0 Å². The fourth-order valence-electron chi connectivity index (χ4n) is 3.00. The van der Waals surface area contributed by atoms with Crippen LogP contribution >= 0.6 is 0 Å². The van der Waals surface area contributed by atoms with Crippen LogP contribution in [-0.4, -0.2) is 35.9 Å². The first kappa shape index (κ1) is 16.2. The average Bonchev–Trinajstić information content (AvgIpc) is 3.38. The quantitative estimate of drug-likeness (QED) is 0.620. The fourth-order valence-corrected chi connectivity index (χ4v) is 3.00. The number of rotatable bonds is 5. The molecule has 24 heavy (non-hydrogen) atoms. The Morgan fingerprint density at radius 1 is 1.29 bits per heavy atom. The molecule has 3 N–H and O–H groups in total. The van der Waals surface area contributed by atoms with Crippen LogP contribution in [-0.2, 0) is 4.79 Å². The zero-order valence-electron chi connectivity index (χ0n) is 13.2. The summed E-state index contributed by atoms with van der Waals surface area (Å²) in [6.07, 6.45) is 3.35. The van der Waals surface area contributed by atoms with Crippen LogP contribution in [0.2, 0.25) is 0 Å². The van der Waals surface area contributed by atoms with Crippen molar-refractivity contribution in [1.82, 2.24) is 5.32 Å². The Morgan fingerprint density at radius 3 is 2.67 bits per heavy atom. The molecule has 1 aliphatic heterocycles. The summed E-state index contributed by atoms with van der Waals surface area (Å²) in [6, 6.07) is 4.67. The van der Waals surface area contributed by atoms with Crippen molar-refractivity contribution in [3.8, 4) is 0 Å². The maximum Gasteiger partial charge on any atom is 0.293 e. The van der Waals surface area contributed by atoms with E-state index in [1.165, 1.54) is 6.07 Å². The van der Waals surface area contributed by atoms with Crippen LogP contribution in [0.15, 0.2) is 18.2 Å². The van der Waals surface area contributed by atoms with Gasteiger partial charge in [-0.05, 0) is 37.8 Å². The lowest BCUT2D eigenvalue weighted by Gasteiger charge is -2.32. The second-order valence-corrected chi connectivity index (χ2v) is 6.40. The monoisotopic (exact) mass is 332 g/mol. The number of hydrogen-bond acceptors (Lipinski definition) is 5. The molecule has 1 heterocycles. The smallest absolute Gasteiger partial charge is 0.293 e. The minimum Gasteiger partial charge on any atom is -0.369 e. The third-order valence-electron chi connectivity index (χ3n) is 4.51. The SMILES string of the molecule is NC(=O)C1CCCN(c2ccc(C(=O)NC3CC3)cc2[N+](=O)[O-])C1. The van der Waals surface area contributed by atoms with Crippen molar-refractivity contribution in [2.45, 2.75) is 31.7 Å². The number of nitro benzene ring substituents is 1. The molecule has 1 aromatic carbocycles. The molecule has 1 aromatic rings. The molecule has 8 nitrogen and oxygen atoms in total. The van der Waals surface area contributed by atoms with Crippen LogP contribution in [0.3, 0.4) is 0 Å². The van der Waals surface area contributed by atoms with Crippen LogP contribution in [0.25, 0.3) is 0 Å². The molecule has 1 aliphatic carbocycles. The van der Waals surface area contributed by atoms with Crippen LogP contribution in [0.1, 0.15) is 36.0 Å². The highest BCUT2D eigenvalue weighted by Gasteiger charge is 2.29. The number of nitro groups is 1. The molecule has 2 aliphatic rings. The fraction of sp³-hybridized carbons (Fsp3) is 0.500. The normalized spacial score (nSPS) is 20.5. The van der Waals surface area contributed by atoms with Crippen molar-refractivity contribution in [3.63, 3.8) is 0 Å². The van der Waals surface area contributed by atoms with Crippen molar-refractivity contribution in [2.24, 2.45) is 11.7 Å². The summed E-state index contributed by atoms with van der Waals surface area (Å²) in [6.45, 7) is 0.988. The highest BCUT2D eigenvalue weighted by molar-refractivity contribution is 5.96. The van der Waals surface area contributed by atoms with Crippen molar-refractivity contribution in [3.05, 3.63) is 33.9 Å². The van der Waals surface area contributed by atoms with Gasteiger partial charge in [0.15, 0.2) is 0 Å². The Morgan fingerprint density at radius 2 is 2.04 bits per heavy atom. The van der Waals surface area contributed by atoms with E-state index in [4.69, 9.17) is 5.73 Å². The predicted octanol–water partition coefficient (Wildman–Crippen LogP) is 1.19. The van der Waals surface area contributed by atoms with Gasteiger partial charge in [-0.25, -0.2) is 0 Å². The van der Waals surface area contributed by atoms with E-state index < -0.39 is 4.92 Å². The Hall–Kier alpha value is -2.64. The number of nitrogens with two attached hydrogens (primary N) is 1. The lowest BCUT2D eigenvalue weighted by molar-refractivity contribution is -0.384. The van der Waals surface area contributed by atoms with Gasteiger partial charge in [0, 0.05) is 30.8 Å². The Bertz CT molecular complexity index is 687. The lowest BCUT2D eigenvalue weighted by Crippen LogP contribution is -2.41. The van der Waals surface area contributed by atoms with E-state index in [0.717, 1.165) is 19.3 Å². The van der Waals surface area contributed by atoms with Crippen molar-refractivity contribution in [1.29, 1.82) is 0 Å². The van der Waals surface area contributed by atoms with Crippen LogP contribution < -0.4 is 16.0 Å². The van der Waals surface area contributed by atoms with Gasteiger partial charge in [-0.15, -0.1) is 0 Å².